The second kappa shape index (κ2) is 7.47. The lowest BCUT2D eigenvalue weighted by atomic mass is 9.92. The lowest BCUT2D eigenvalue weighted by Gasteiger charge is -2.33. The Labute approximate surface area is 135 Å². The highest BCUT2D eigenvalue weighted by molar-refractivity contribution is 5.41. The molecule has 2 N–H and O–H groups in total. The van der Waals surface area contributed by atoms with E-state index in [1.165, 1.54) is 41.1 Å². The van der Waals surface area contributed by atoms with E-state index in [0.29, 0.717) is 6.61 Å². The maximum absolute atomic E-state index is 10.3. The summed E-state index contributed by atoms with van der Waals surface area (Å²) < 4.78 is 5.89. The summed E-state index contributed by atoms with van der Waals surface area (Å²) in [6.07, 6.45) is 0.922. The third-order valence-corrected chi connectivity index (χ3v) is 4.80. The van der Waals surface area contributed by atoms with Crippen molar-refractivity contribution in [2.75, 3.05) is 26.2 Å². The van der Waals surface area contributed by atoms with E-state index in [1.54, 1.807) is 0 Å². The van der Waals surface area contributed by atoms with Gasteiger partial charge in [-0.05, 0) is 49.9 Å². The van der Waals surface area contributed by atoms with Crippen LogP contribution in [0.1, 0.15) is 37.0 Å². The van der Waals surface area contributed by atoms with Crippen molar-refractivity contribution in [3.63, 3.8) is 0 Å². The van der Waals surface area contributed by atoms with E-state index in [4.69, 9.17) is 4.74 Å². The van der Waals surface area contributed by atoms with Crippen LogP contribution in [0.4, 0.5) is 0 Å². The standard InChI is InChI=1S/C19H31NO2/c1-13-7-16(4)17(5)19(8-13)22-12-18(21)11-20-9-14(2)6-15(3)10-20/h7-8,14-15,18,21H,6,9-12H2,1-5H3/p+1/t14-,15+,18-/m0/s1. The Morgan fingerprint density at radius 3 is 2.45 bits per heavy atom. The number of ether oxygens (including phenoxy) is 1. The summed E-state index contributed by atoms with van der Waals surface area (Å²) >= 11 is 0. The summed E-state index contributed by atoms with van der Waals surface area (Å²) in [6.45, 7) is 14.4. The summed E-state index contributed by atoms with van der Waals surface area (Å²) in [6, 6.07) is 4.23. The van der Waals surface area contributed by atoms with Gasteiger partial charge in [0.05, 0.1) is 13.1 Å². The Morgan fingerprint density at radius 1 is 1.18 bits per heavy atom. The number of nitrogens with one attached hydrogen (secondary N) is 1. The molecule has 22 heavy (non-hydrogen) atoms. The molecule has 1 aliphatic rings. The van der Waals surface area contributed by atoms with Crippen LogP contribution in [0.2, 0.25) is 0 Å². The van der Waals surface area contributed by atoms with E-state index in [0.717, 1.165) is 24.1 Å². The highest BCUT2D eigenvalue weighted by Crippen LogP contribution is 2.23. The molecule has 3 heteroatoms. The number of piperidine rings is 1. The van der Waals surface area contributed by atoms with Crippen LogP contribution in [0.3, 0.4) is 0 Å². The molecule has 0 spiro atoms. The van der Waals surface area contributed by atoms with Gasteiger partial charge in [-0.15, -0.1) is 0 Å². The van der Waals surface area contributed by atoms with Crippen molar-refractivity contribution in [1.29, 1.82) is 0 Å². The van der Waals surface area contributed by atoms with E-state index in [9.17, 15) is 5.11 Å². The van der Waals surface area contributed by atoms with Crippen molar-refractivity contribution in [1.82, 2.24) is 0 Å². The Morgan fingerprint density at radius 2 is 1.82 bits per heavy atom. The number of aliphatic hydroxyl groups is 1. The predicted octanol–water partition coefficient (Wildman–Crippen LogP) is 1.91. The zero-order chi connectivity index (χ0) is 16.3. The number of benzene rings is 1. The van der Waals surface area contributed by atoms with Crippen molar-refractivity contribution in [2.45, 2.75) is 47.1 Å². The van der Waals surface area contributed by atoms with Crippen LogP contribution in [0.15, 0.2) is 12.1 Å². The van der Waals surface area contributed by atoms with Crippen LogP contribution >= 0.6 is 0 Å². The first-order chi connectivity index (χ1) is 10.3. The fraction of sp³-hybridized carbons (Fsp3) is 0.684. The van der Waals surface area contributed by atoms with Gasteiger partial charge in [0.1, 0.15) is 25.0 Å². The number of likely N-dealkylation sites (tertiary alicyclic amines) is 1. The van der Waals surface area contributed by atoms with Crippen LogP contribution in [0.5, 0.6) is 5.75 Å². The van der Waals surface area contributed by atoms with Crippen LogP contribution in [-0.2, 0) is 0 Å². The average Bonchev–Trinajstić information content (AvgIpc) is 2.40. The molecule has 0 saturated carbocycles. The van der Waals surface area contributed by atoms with Crippen molar-refractivity contribution < 1.29 is 14.7 Å². The minimum atomic E-state index is -0.396. The minimum Gasteiger partial charge on any atom is -0.490 e. The third-order valence-electron chi connectivity index (χ3n) is 4.80. The van der Waals surface area contributed by atoms with Gasteiger partial charge in [-0.1, -0.05) is 19.9 Å². The molecule has 1 aromatic carbocycles. The Balaban J connectivity index is 1.86. The normalized spacial score (nSPS) is 26.7. The van der Waals surface area contributed by atoms with E-state index in [2.05, 4.69) is 46.8 Å². The maximum atomic E-state index is 10.3. The SMILES string of the molecule is Cc1cc(C)c(C)c(OC[C@@H](O)C[NH+]2C[C@H](C)C[C@H](C)C2)c1. The zero-order valence-electron chi connectivity index (χ0n) is 14.8. The molecule has 124 valence electrons. The van der Waals surface area contributed by atoms with Crippen LogP contribution in [0, 0.1) is 32.6 Å². The molecule has 3 nitrogen and oxygen atoms in total. The Bertz CT molecular complexity index is 490. The van der Waals surface area contributed by atoms with Gasteiger partial charge in [-0.25, -0.2) is 0 Å². The summed E-state index contributed by atoms with van der Waals surface area (Å²) in [7, 11) is 0. The molecule has 1 saturated heterocycles. The molecule has 1 aliphatic heterocycles. The van der Waals surface area contributed by atoms with Crippen molar-refractivity contribution in [3.8, 4) is 5.75 Å². The Hall–Kier alpha value is -1.06. The highest BCUT2D eigenvalue weighted by atomic mass is 16.5. The number of rotatable bonds is 5. The van der Waals surface area contributed by atoms with E-state index >= 15 is 0 Å². The lowest BCUT2D eigenvalue weighted by Crippen LogP contribution is -3.15. The number of aryl methyl sites for hydroxylation is 2. The monoisotopic (exact) mass is 306 g/mol. The fourth-order valence-electron chi connectivity index (χ4n) is 3.82. The fourth-order valence-corrected chi connectivity index (χ4v) is 3.82. The summed E-state index contributed by atoms with van der Waals surface area (Å²) in [5, 5.41) is 10.3. The van der Waals surface area contributed by atoms with E-state index in [-0.39, 0.29) is 0 Å². The smallest absolute Gasteiger partial charge is 0.137 e. The van der Waals surface area contributed by atoms with Crippen molar-refractivity contribution in [2.24, 2.45) is 11.8 Å². The first kappa shape index (κ1) is 17.3. The van der Waals surface area contributed by atoms with Crippen molar-refractivity contribution >= 4 is 0 Å². The first-order valence-corrected chi connectivity index (χ1v) is 8.57. The van der Waals surface area contributed by atoms with Crippen LogP contribution in [-0.4, -0.2) is 37.5 Å². The van der Waals surface area contributed by atoms with Crippen LogP contribution < -0.4 is 9.64 Å². The number of quaternary nitrogens is 1. The van der Waals surface area contributed by atoms with Gasteiger partial charge < -0.3 is 14.7 Å². The topological polar surface area (TPSA) is 33.9 Å². The van der Waals surface area contributed by atoms with Gasteiger partial charge in [0.15, 0.2) is 0 Å². The second-order valence-corrected chi connectivity index (χ2v) is 7.48. The predicted molar refractivity (Wildman–Crippen MR) is 90.7 cm³/mol. The van der Waals surface area contributed by atoms with Gasteiger partial charge >= 0.3 is 0 Å². The average molecular weight is 306 g/mol. The molecular formula is C19H32NO2+. The Kier molecular flexibility index (Phi) is 5.87. The van der Waals surface area contributed by atoms with Crippen LogP contribution in [0.25, 0.3) is 0 Å². The van der Waals surface area contributed by atoms with Crippen molar-refractivity contribution in [3.05, 3.63) is 28.8 Å². The third kappa shape index (κ3) is 4.72. The molecule has 1 aromatic rings. The molecule has 1 heterocycles. The van der Waals surface area contributed by atoms with Gasteiger partial charge in [-0.3, -0.25) is 0 Å². The molecule has 0 amide bonds. The van der Waals surface area contributed by atoms with Gasteiger partial charge in [0, 0.05) is 11.8 Å². The van der Waals surface area contributed by atoms with E-state index < -0.39 is 6.10 Å². The number of hydrogen-bond acceptors (Lipinski definition) is 2. The maximum Gasteiger partial charge on any atom is 0.137 e. The highest BCUT2D eigenvalue weighted by Gasteiger charge is 2.26. The van der Waals surface area contributed by atoms with Gasteiger partial charge in [-0.2, -0.15) is 0 Å². The molecule has 2 rings (SSSR count). The zero-order valence-corrected chi connectivity index (χ0v) is 14.8. The second-order valence-electron chi connectivity index (χ2n) is 7.48. The molecule has 0 bridgehead atoms. The largest absolute Gasteiger partial charge is 0.490 e. The molecular weight excluding hydrogens is 274 g/mol. The summed E-state index contributed by atoms with van der Waals surface area (Å²) in [4.78, 5) is 1.51. The molecule has 1 fully saturated rings. The first-order valence-electron chi connectivity index (χ1n) is 8.57. The number of hydrogen-bond donors (Lipinski definition) is 2. The summed E-state index contributed by atoms with van der Waals surface area (Å²) in [5.41, 5.74) is 3.62. The molecule has 4 atom stereocenters. The number of aliphatic hydroxyl groups excluding tert-OH is 1. The molecule has 0 aliphatic carbocycles. The van der Waals surface area contributed by atoms with E-state index in [1.807, 2.05) is 0 Å². The quantitative estimate of drug-likeness (QED) is 0.871. The summed E-state index contributed by atoms with van der Waals surface area (Å²) in [5.74, 6) is 2.43. The minimum absolute atomic E-state index is 0.385. The lowest BCUT2D eigenvalue weighted by molar-refractivity contribution is -0.915. The molecule has 0 aromatic heterocycles. The molecule has 1 unspecified atom stereocenters. The molecule has 0 radical (unpaired) electrons. The van der Waals surface area contributed by atoms with Gasteiger partial charge in [0.25, 0.3) is 0 Å². The van der Waals surface area contributed by atoms with Gasteiger partial charge in [0.2, 0.25) is 0 Å².